The number of anilines is 1. The van der Waals surface area contributed by atoms with Gasteiger partial charge in [-0.25, -0.2) is 4.68 Å². The van der Waals surface area contributed by atoms with Crippen LogP contribution in [0.25, 0.3) is 5.69 Å². The zero-order chi connectivity index (χ0) is 24.5. The van der Waals surface area contributed by atoms with Crippen molar-refractivity contribution >= 4 is 17.4 Å². The van der Waals surface area contributed by atoms with Gasteiger partial charge in [0.2, 0.25) is 0 Å². The Balaban J connectivity index is 1.93. The van der Waals surface area contributed by atoms with Crippen LogP contribution in [0.1, 0.15) is 32.9 Å². The first-order valence-electron chi connectivity index (χ1n) is 9.80. The number of aromatic nitrogens is 2. The first-order chi connectivity index (χ1) is 15.5. The van der Waals surface area contributed by atoms with E-state index >= 15 is 0 Å². The number of carbonyl (C=O) groups excluding carboxylic acids is 2. The average molecular weight is 461 g/mol. The zero-order valence-corrected chi connectivity index (χ0v) is 18.6. The number of amides is 1. The molecule has 0 atom stereocenters. The number of ether oxygens (including phenoxy) is 2. The van der Waals surface area contributed by atoms with E-state index in [2.05, 4.69) is 10.4 Å². The minimum absolute atomic E-state index is 0.0167. The minimum atomic E-state index is -4.53. The number of carbonyl (C=O) groups is 2. The van der Waals surface area contributed by atoms with Crippen molar-refractivity contribution in [2.45, 2.75) is 26.9 Å². The fraction of sp³-hybridized carbons (Fsp3) is 0.261. The van der Waals surface area contributed by atoms with Crippen molar-refractivity contribution in [1.29, 1.82) is 0 Å². The van der Waals surface area contributed by atoms with Gasteiger partial charge in [-0.2, -0.15) is 18.3 Å². The number of ketones is 1. The molecule has 2 aromatic carbocycles. The van der Waals surface area contributed by atoms with Crippen molar-refractivity contribution in [3.63, 3.8) is 0 Å². The number of Topliss-reactive ketones (excluding diaryl/α,β-unsaturated/α-hetero) is 1. The summed E-state index contributed by atoms with van der Waals surface area (Å²) in [6, 6.07) is 7.76. The fourth-order valence-corrected chi connectivity index (χ4v) is 3.44. The van der Waals surface area contributed by atoms with Crippen molar-refractivity contribution in [1.82, 2.24) is 9.78 Å². The molecule has 0 aliphatic rings. The second-order valence-corrected chi connectivity index (χ2v) is 7.31. The van der Waals surface area contributed by atoms with Gasteiger partial charge in [0, 0.05) is 11.8 Å². The number of aryl methyl sites for hydroxylation is 2. The van der Waals surface area contributed by atoms with Gasteiger partial charge in [0.25, 0.3) is 11.7 Å². The van der Waals surface area contributed by atoms with Gasteiger partial charge in [-0.1, -0.05) is 6.07 Å². The first kappa shape index (κ1) is 23.8. The molecule has 0 saturated carbocycles. The Bertz CT molecular complexity index is 1230. The summed E-state index contributed by atoms with van der Waals surface area (Å²) in [4.78, 5) is 25.7. The zero-order valence-electron chi connectivity index (χ0n) is 18.6. The summed E-state index contributed by atoms with van der Waals surface area (Å²) in [6.07, 6.45) is -4.53. The number of nitrogens with one attached hydrogen (secondary N) is 1. The fourth-order valence-electron chi connectivity index (χ4n) is 3.44. The van der Waals surface area contributed by atoms with Crippen molar-refractivity contribution in [2.24, 2.45) is 0 Å². The van der Waals surface area contributed by atoms with Crippen LogP contribution in [0.2, 0.25) is 0 Å². The Morgan fingerprint density at radius 1 is 1.00 bits per heavy atom. The molecule has 0 saturated heterocycles. The summed E-state index contributed by atoms with van der Waals surface area (Å²) in [5.74, 6) is -0.943. The van der Waals surface area contributed by atoms with Gasteiger partial charge in [0.05, 0.1) is 42.4 Å². The van der Waals surface area contributed by atoms with Gasteiger partial charge in [-0.3, -0.25) is 9.59 Å². The van der Waals surface area contributed by atoms with Crippen LogP contribution in [0.15, 0.2) is 36.4 Å². The predicted molar refractivity (Wildman–Crippen MR) is 115 cm³/mol. The Hall–Kier alpha value is -3.82. The Kier molecular flexibility index (Phi) is 6.48. The van der Waals surface area contributed by atoms with Crippen molar-refractivity contribution in [2.75, 3.05) is 19.5 Å². The molecule has 1 amide bonds. The topological polar surface area (TPSA) is 82.5 Å². The molecule has 3 aromatic rings. The van der Waals surface area contributed by atoms with Gasteiger partial charge in [0.15, 0.2) is 11.5 Å². The minimum Gasteiger partial charge on any atom is -0.493 e. The monoisotopic (exact) mass is 461 g/mol. The third-order valence-corrected chi connectivity index (χ3v) is 5.12. The van der Waals surface area contributed by atoms with E-state index < -0.39 is 23.4 Å². The highest BCUT2D eigenvalue weighted by atomic mass is 19.4. The average Bonchev–Trinajstić information content (AvgIpc) is 3.07. The number of halogens is 3. The lowest BCUT2D eigenvalue weighted by molar-refractivity contribution is -0.137. The van der Waals surface area contributed by atoms with Gasteiger partial charge in [0.1, 0.15) is 0 Å². The van der Waals surface area contributed by atoms with Gasteiger partial charge < -0.3 is 14.8 Å². The van der Waals surface area contributed by atoms with Crippen LogP contribution in [0.3, 0.4) is 0 Å². The standard InChI is InChI=1S/C23H22F3N3O4/c1-12-9-18(32-4)19(33-5)11-17(12)27-22(31)21(30)20-13(2)28-29(14(20)3)16-8-6-7-15(10-16)23(24,25)26/h6-11H,1-5H3,(H,27,31). The second-order valence-electron chi connectivity index (χ2n) is 7.31. The summed E-state index contributed by atoms with van der Waals surface area (Å²) in [5, 5.41) is 6.75. The summed E-state index contributed by atoms with van der Waals surface area (Å²) < 4.78 is 50.9. The third kappa shape index (κ3) is 4.69. The molecule has 10 heteroatoms. The molecule has 1 N–H and O–H groups in total. The predicted octanol–water partition coefficient (Wildman–Crippen LogP) is 4.65. The molecule has 3 rings (SSSR count). The lowest BCUT2D eigenvalue weighted by atomic mass is 10.1. The summed E-state index contributed by atoms with van der Waals surface area (Å²) >= 11 is 0. The van der Waals surface area contributed by atoms with Crippen LogP contribution in [0.4, 0.5) is 18.9 Å². The smallest absolute Gasteiger partial charge is 0.416 e. The normalized spacial score (nSPS) is 11.3. The van der Waals surface area contributed by atoms with E-state index in [0.29, 0.717) is 22.7 Å². The van der Waals surface area contributed by atoms with E-state index in [1.165, 1.54) is 50.9 Å². The summed E-state index contributed by atoms with van der Waals surface area (Å²) in [6.45, 7) is 4.76. The Morgan fingerprint density at radius 2 is 1.64 bits per heavy atom. The quantitative estimate of drug-likeness (QED) is 0.427. The SMILES string of the molecule is COc1cc(C)c(NC(=O)C(=O)c2c(C)nn(-c3cccc(C(F)(F)F)c3)c2C)cc1OC. The summed E-state index contributed by atoms with van der Waals surface area (Å²) in [7, 11) is 2.92. The molecule has 1 heterocycles. The number of methoxy groups -OCH3 is 2. The van der Waals surface area contributed by atoms with E-state index in [0.717, 1.165) is 12.1 Å². The molecule has 0 unspecified atom stereocenters. The molecule has 174 valence electrons. The third-order valence-electron chi connectivity index (χ3n) is 5.12. The van der Waals surface area contributed by atoms with Crippen LogP contribution >= 0.6 is 0 Å². The molecule has 1 aromatic heterocycles. The number of alkyl halides is 3. The number of rotatable bonds is 6. The molecule has 0 aliphatic carbocycles. The summed E-state index contributed by atoms with van der Waals surface area (Å²) in [5.41, 5.74) is 0.754. The van der Waals surface area contributed by atoms with Crippen LogP contribution in [0, 0.1) is 20.8 Å². The first-order valence-corrected chi connectivity index (χ1v) is 9.80. The number of nitrogens with zero attached hydrogens (tertiary/aromatic N) is 2. The van der Waals surface area contributed by atoms with E-state index in [-0.39, 0.29) is 22.6 Å². The molecular weight excluding hydrogens is 439 g/mol. The van der Waals surface area contributed by atoms with Crippen molar-refractivity contribution in [3.8, 4) is 17.2 Å². The van der Waals surface area contributed by atoms with Crippen LogP contribution in [-0.4, -0.2) is 35.7 Å². The van der Waals surface area contributed by atoms with E-state index in [9.17, 15) is 22.8 Å². The maximum atomic E-state index is 13.1. The highest BCUT2D eigenvalue weighted by Gasteiger charge is 2.31. The molecule has 0 aliphatic heterocycles. The van der Waals surface area contributed by atoms with Gasteiger partial charge in [-0.05, 0) is 50.6 Å². The lowest BCUT2D eigenvalue weighted by Crippen LogP contribution is -2.24. The number of benzene rings is 2. The Morgan fingerprint density at radius 3 is 2.24 bits per heavy atom. The van der Waals surface area contributed by atoms with E-state index in [1.807, 2.05) is 0 Å². The highest BCUT2D eigenvalue weighted by molar-refractivity contribution is 6.47. The van der Waals surface area contributed by atoms with Crippen LogP contribution < -0.4 is 14.8 Å². The molecule has 0 bridgehead atoms. The number of hydrogen-bond acceptors (Lipinski definition) is 5. The van der Waals surface area contributed by atoms with Crippen LogP contribution in [-0.2, 0) is 11.0 Å². The highest BCUT2D eigenvalue weighted by Crippen LogP contribution is 2.33. The molecule has 33 heavy (non-hydrogen) atoms. The Labute approximate surface area is 188 Å². The van der Waals surface area contributed by atoms with Crippen molar-refractivity contribution < 1.29 is 32.2 Å². The van der Waals surface area contributed by atoms with Crippen molar-refractivity contribution in [3.05, 3.63) is 64.5 Å². The van der Waals surface area contributed by atoms with Crippen LogP contribution in [0.5, 0.6) is 11.5 Å². The molecular formula is C23H22F3N3O4. The molecule has 0 radical (unpaired) electrons. The van der Waals surface area contributed by atoms with E-state index in [4.69, 9.17) is 9.47 Å². The number of hydrogen-bond donors (Lipinski definition) is 1. The van der Waals surface area contributed by atoms with Gasteiger partial charge >= 0.3 is 6.18 Å². The molecule has 7 nitrogen and oxygen atoms in total. The lowest BCUT2D eigenvalue weighted by Gasteiger charge is -2.13. The maximum absolute atomic E-state index is 13.1. The molecule has 0 spiro atoms. The maximum Gasteiger partial charge on any atom is 0.416 e. The molecule has 0 fully saturated rings. The second kappa shape index (κ2) is 8.97. The van der Waals surface area contributed by atoms with E-state index in [1.54, 1.807) is 13.0 Å². The van der Waals surface area contributed by atoms with Gasteiger partial charge in [-0.15, -0.1) is 0 Å². The largest absolute Gasteiger partial charge is 0.493 e.